The number of anilines is 3. The molecule has 2 rings (SSSR count). The van der Waals surface area contributed by atoms with E-state index in [4.69, 9.17) is 5.73 Å². The van der Waals surface area contributed by atoms with E-state index in [1.54, 1.807) is 12.1 Å². The molecule has 2 N–H and O–H groups in total. The maximum Gasteiger partial charge on any atom is 0.138 e. The summed E-state index contributed by atoms with van der Waals surface area (Å²) in [6.07, 6.45) is 0. The van der Waals surface area contributed by atoms with Crippen molar-refractivity contribution in [3.05, 3.63) is 41.7 Å². The van der Waals surface area contributed by atoms with E-state index in [-0.39, 0.29) is 5.41 Å². The van der Waals surface area contributed by atoms with Crippen LogP contribution in [0.3, 0.4) is 0 Å². The predicted molar refractivity (Wildman–Crippen MR) is 84.4 cm³/mol. The molecule has 21 heavy (non-hydrogen) atoms. The Morgan fingerprint density at radius 2 is 1.86 bits per heavy atom. The molecule has 1 aromatic carbocycles. The van der Waals surface area contributed by atoms with Gasteiger partial charge in [-0.1, -0.05) is 32.9 Å². The van der Waals surface area contributed by atoms with Crippen LogP contribution in [0, 0.1) is 11.3 Å². The van der Waals surface area contributed by atoms with Crippen LogP contribution in [-0.2, 0) is 5.41 Å². The Morgan fingerprint density at radius 3 is 2.48 bits per heavy atom. The van der Waals surface area contributed by atoms with Crippen molar-refractivity contribution >= 4 is 17.3 Å². The van der Waals surface area contributed by atoms with Gasteiger partial charge in [-0.3, -0.25) is 0 Å². The lowest BCUT2D eigenvalue weighted by Gasteiger charge is -2.23. The minimum atomic E-state index is -0.195. The molecule has 0 saturated heterocycles. The smallest absolute Gasteiger partial charge is 0.138 e. The molecule has 0 atom stereocenters. The lowest BCUT2D eigenvalue weighted by Crippen LogP contribution is -2.20. The first-order chi connectivity index (χ1) is 9.82. The van der Waals surface area contributed by atoms with Gasteiger partial charge in [0.25, 0.3) is 0 Å². The first-order valence-electron chi connectivity index (χ1n) is 6.71. The zero-order valence-corrected chi connectivity index (χ0v) is 12.8. The summed E-state index contributed by atoms with van der Waals surface area (Å²) in [5.74, 6) is 1.78. The van der Waals surface area contributed by atoms with Crippen molar-refractivity contribution in [2.45, 2.75) is 26.2 Å². The topological polar surface area (TPSA) is 78.8 Å². The van der Waals surface area contributed by atoms with Gasteiger partial charge in [0.15, 0.2) is 0 Å². The second kappa shape index (κ2) is 5.41. The fraction of sp³-hybridized carbons (Fsp3) is 0.312. The monoisotopic (exact) mass is 281 g/mol. The summed E-state index contributed by atoms with van der Waals surface area (Å²) in [5.41, 5.74) is 7.09. The minimum absolute atomic E-state index is 0.195. The van der Waals surface area contributed by atoms with Gasteiger partial charge >= 0.3 is 0 Å². The maximum absolute atomic E-state index is 9.22. The standard InChI is InChI=1S/C16H19N5/c1-16(2,3)15-19-13(18)9-14(20-15)21(4)12-8-6-5-7-11(12)10-17/h5-9H,1-4H3,(H2,18,19,20). The quantitative estimate of drug-likeness (QED) is 0.915. The summed E-state index contributed by atoms with van der Waals surface area (Å²) < 4.78 is 0. The van der Waals surface area contributed by atoms with Crippen molar-refractivity contribution < 1.29 is 0 Å². The van der Waals surface area contributed by atoms with Crippen LogP contribution in [-0.4, -0.2) is 17.0 Å². The second-order valence-electron chi connectivity index (χ2n) is 5.91. The molecule has 0 amide bonds. The summed E-state index contributed by atoms with van der Waals surface area (Å²) >= 11 is 0. The van der Waals surface area contributed by atoms with E-state index in [0.717, 1.165) is 5.69 Å². The third-order valence-electron chi connectivity index (χ3n) is 3.13. The molecular formula is C16H19N5. The minimum Gasteiger partial charge on any atom is -0.384 e. The van der Waals surface area contributed by atoms with E-state index in [9.17, 15) is 5.26 Å². The van der Waals surface area contributed by atoms with Crippen LogP contribution in [0.1, 0.15) is 32.2 Å². The van der Waals surface area contributed by atoms with Crippen LogP contribution in [0.5, 0.6) is 0 Å². The van der Waals surface area contributed by atoms with Crippen molar-refractivity contribution in [1.82, 2.24) is 9.97 Å². The average Bonchev–Trinajstić information content (AvgIpc) is 2.45. The van der Waals surface area contributed by atoms with Gasteiger partial charge in [-0.25, -0.2) is 9.97 Å². The highest BCUT2D eigenvalue weighted by Gasteiger charge is 2.20. The van der Waals surface area contributed by atoms with Crippen LogP contribution >= 0.6 is 0 Å². The van der Waals surface area contributed by atoms with Crippen molar-refractivity contribution in [2.24, 2.45) is 0 Å². The molecule has 1 aromatic heterocycles. The van der Waals surface area contributed by atoms with Gasteiger partial charge in [-0.2, -0.15) is 5.26 Å². The van der Waals surface area contributed by atoms with Gasteiger partial charge in [0.1, 0.15) is 23.5 Å². The van der Waals surface area contributed by atoms with Crippen LogP contribution in [0.25, 0.3) is 0 Å². The lowest BCUT2D eigenvalue weighted by molar-refractivity contribution is 0.546. The van der Waals surface area contributed by atoms with Gasteiger partial charge in [-0.05, 0) is 12.1 Å². The number of nitriles is 1. The van der Waals surface area contributed by atoms with Crippen molar-refractivity contribution in [3.8, 4) is 6.07 Å². The lowest BCUT2D eigenvalue weighted by atomic mass is 9.96. The first kappa shape index (κ1) is 14.8. The molecule has 0 aliphatic rings. The normalized spacial score (nSPS) is 11.0. The fourth-order valence-corrected chi connectivity index (χ4v) is 1.94. The van der Waals surface area contributed by atoms with Gasteiger partial charge in [0.05, 0.1) is 11.3 Å². The molecule has 0 radical (unpaired) electrons. The number of rotatable bonds is 2. The van der Waals surface area contributed by atoms with E-state index < -0.39 is 0 Å². The van der Waals surface area contributed by atoms with E-state index in [1.165, 1.54) is 0 Å². The highest BCUT2D eigenvalue weighted by molar-refractivity contribution is 5.67. The number of aromatic nitrogens is 2. The van der Waals surface area contributed by atoms with Crippen molar-refractivity contribution in [2.75, 3.05) is 17.7 Å². The van der Waals surface area contributed by atoms with Gasteiger partial charge in [-0.15, -0.1) is 0 Å². The summed E-state index contributed by atoms with van der Waals surface area (Å²) in [5, 5.41) is 9.22. The number of nitrogen functional groups attached to an aromatic ring is 1. The summed E-state index contributed by atoms with van der Waals surface area (Å²) in [4.78, 5) is 10.7. The Kier molecular flexibility index (Phi) is 3.81. The first-order valence-corrected chi connectivity index (χ1v) is 6.71. The molecule has 0 unspecified atom stereocenters. The SMILES string of the molecule is CN(c1cc(N)nc(C(C)(C)C)n1)c1ccccc1C#N. The van der Waals surface area contributed by atoms with E-state index in [1.807, 2.05) is 50.9 Å². The molecule has 1 heterocycles. The zero-order chi connectivity index (χ0) is 15.6. The van der Waals surface area contributed by atoms with E-state index in [2.05, 4.69) is 16.0 Å². The Morgan fingerprint density at radius 1 is 1.19 bits per heavy atom. The fourth-order valence-electron chi connectivity index (χ4n) is 1.94. The number of nitrogens with two attached hydrogens (primary N) is 1. The van der Waals surface area contributed by atoms with Gasteiger partial charge in [0.2, 0.25) is 0 Å². The molecule has 0 bridgehead atoms. The molecule has 5 heteroatoms. The highest BCUT2D eigenvalue weighted by Crippen LogP contribution is 2.28. The van der Waals surface area contributed by atoms with Crippen molar-refractivity contribution in [3.63, 3.8) is 0 Å². The molecule has 5 nitrogen and oxygen atoms in total. The number of nitrogens with zero attached hydrogens (tertiary/aromatic N) is 4. The molecule has 0 fully saturated rings. The molecular weight excluding hydrogens is 262 g/mol. The van der Waals surface area contributed by atoms with E-state index >= 15 is 0 Å². The van der Waals surface area contributed by atoms with Gasteiger partial charge in [0, 0.05) is 18.5 Å². The highest BCUT2D eigenvalue weighted by atomic mass is 15.2. The molecule has 0 saturated carbocycles. The number of hydrogen-bond donors (Lipinski definition) is 1. The molecule has 0 aliphatic carbocycles. The van der Waals surface area contributed by atoms with E-state index in [0.29, 0.717) is 23.0 Å². The molecule has 108 valence electrons. The molecule has 0 aliphatic heterocycles. The summed E-state index contributed by atoms with van der Waals surface area (Å²) in [6, 6.07) is 11.3. The van der Waals surface area contributed by atoms with Gasteiger partial charge < -0.3 is 10.6 Å². The summed E-state index contributed by atoms with van der Waals surface area (Å²) in [7, 11) is 1.87. The van der Waals surface area contributed by atoms with Crippen molar-refractivity contribution in [1.29, 1.82) is 5.26 Å². The predicted octanol–water partition coefficient (Wildman–Crippen LogP) is 3.00. The molecule has 2 aromatic rings. The maximum atomic E-state index is 9.22. The van der Waals surface area contributed by atoms with Crippen LogP contribution in [0.2, 0.25) is 0 Å². The largest absolute Gasteiger partial charge is 0.384 e. The van der Waals surface area contributed by atoms with Crippen LogP contribution in [0.15, 0.2) is 30.3 Å². The van der Waals surface area contributed by atoms with Crippen LogP contribution < -0.4 is 10.6 Å². The number of hydrogen-bond acceptors (Lipinski definition) is 5. The third-order valence-corrected chi connectivity index (χ3v) is 3.13. The van der Waals surface area contributed by atoms with Crippen LogP contribution in [0.4, 0.5) is 17.3 Å². The number of benzene rings is 1. The Bertz CT molecular complexity index is 695. The number of para-hydroxylation sites is 1. The Labute approximate surface area is 125 Å². The average molecular weight is 281 g/mol. The summed E-state index contributed by atoms with van der Waals surface area (Å²) in [6.45, 7) is 6.11. The molecule has 0 spiro atoms. The third kappa shape index (κ3) is 3.11. The Balaban J connectivity index is 2.52. The zero-order valence-electron chi connectivity index (χ0n) is 12.8. The second-order valence-corrected chi connectivity index (χ2v) is 5.91. The Hall–Kier alpha value is -2.61.